The van der Waals surface area contributed by atoms with Crippen molar-refractivity contribution in [3.05, 3.63) is 71.4 Å². The summed E-state index contributed by atoms with van der Waals surface area (Å²) in [5, 5.41) is 5.96. The maximum Gasteiger partial charge on any atom is 0.262 e. The quantitative estimate of drug-likeness (QED) is 0.528. The minimum absolute atomic E-state index is 0.322. The summed E-state index contributed by atoms with van der Waals surface area (Å²) in [6.45, 7) is 3.62. The van der Waals surface area contributed by atoms with Crippen molar-refractivity contribution >= 4 is 40.9 Å². The van der Waals surface area contributed by atoms with Gasteiger partial charge >= 0.3 is 0 Å². The largest absolute Gasteiger partial charge is 0.356 e. The molecule has 0 atom stereocenters. The number of benzene rings is 2. The average molecular weight is 471 g/mol. The van der Waals surface area contributed by atoms with Crippen molar-refractivity contribution in [1.29, 1.82) is 0 Å². The highest BCUT2D eigenvalue weighted by Gasteiger charge is 2.36. The Bertz CT molecular complexity index is 1250. The molecule has 3 amide bonds. The Labute approximate surface area is 203 Å². The van der Waals surface area contributed by atoms with Crippen molar-refractivity contribution in [1.82, 2.24) is 14.9 Å². The maximum atomic E-state index is 12.5. The molecule has 3 aromatic rings. The lowest BCUT2D eigenvalue weighted by Gasteiger charge is -2.28. The molecule has 2 aromatic carbocycles. The molecule has 9 heteroatoms. The Morgan fingerprint density at radius 2 is 1.51 bits per heavy atom. The number of anilines is 4. The molecule has 0 bridgehead atoms. The number of amides is 3. The van der Waals surface area contributed by atoms with Gasteiger partial charge < -0.3 is 15.5 Å². The Balaban J connectivity index is 1.21. The molecule has 0 unspecified atom stereocenters. The first-order valence-corrected chi connectivity index (χ1v) is 11.7. The van der Waals surface area contributed by atoms with Crippen LogP contribution in [0.4, 0.5) is 23.1 Å². The topological polar surface area (TPSA) is 108 Å². The van der Waals surface area contributed by atoms with Gasteiger partial charge in [0.2, 0.25) is 11.9 Å². The van der Waals surface area contributed by atoms with Gasteiger partial charge in [-0.3, -0.25) is 19.3 Å². The number of rotatable bonds is 6. The number of hydrogen-bond acceptors (Lipinski definition) is 7. The lowest BCUT2D eigenvalue weighted by atomic mass is 10.1. The number of aromatic nitrogens is 2. The van der Waals surface area contributed by atoms with Gasteiger partial charge in [-0.15, -0.1) is 0 Å². The predicted octanol–water partition coefficient (Wildman–Crippen LogP) is 3.75. The van der Waals surface area contributed by atoms with Crippen LogP contribution in [0.25, 0.3) is 0 Å². The van der Waals surface area contributed by atoms with Gasteiger partial charge in [0.15, 0.2) is 0 Å². The molecular weight excluding hydrogens is 444 g/mol. The highest BCUT2D eigenvalue weighted by molar-refractivity contribution is 6.22. The predicted molar refractivity (Wildman–Crippen MR) is 133 cm³/mol. The maximum absolute atomic E-state index is 12.5. The van der Waals surface area contributed by atoms with Gasteiger partial charge in [-0.2, -0.15) is 4.98 Å². The molecule has 5 rings (SSSR count). The van der Waals surface area contributed by atoms with Gasteiger partial charge in [0.1, 0.15) is 12.4 Å². The number of fused-ring (bicyclic) bond motifs is 1. The molecule has 0 saturated carbocycles. The van der Waals surface area contributed by atoms with Gasteiger partial charge in [-0.25, -0.2) is 4.98 Å². The van der Waals surface area contributed by atoms with E-state index in [1.165, 1.54) is 19.3 Å². The van der Waals surface area contributed by atoms with Crippen molar-refractivity contribution in [2.45, 2.75) is 26.2 Å². The number of piperidine rings is 1. The molecule has 2 aliphatic heterocycles. The van der Waals surface area contributed by atoms with E-state index in [-0.39, 0.29) is 6.54 Å². The third kappa shape index (κ3) is 4.84. The zero-order valence-electron chi connectivity index (χ0n) is 19.5. The lowest BCUT2D eigenvalue weighted by Crippen LogP contribution is -2.37. The van der Waals surface area contributed by atoms with Crippen molar-refractivity contribution in [2.75, 3.05) is 35.2 Å². The Morgan fingerprint density at radius 3 is 2.17 bits per heavy atom. The molecule has 178 valence electrons. The Morgan fingerprint density at radius 1 is 0.886 bits per heavy atom. The number of nitrogens with zero attached hydrogens (tertiary/aromatic N) is 4. The fraction of sp³-hybridized carbons (Fsp3) is 0.269. The third-order valence-corrected chi connectivity index (χ3v) is 6.13. The van der Waals surface area contributed by atoms with Crippen LogP contribution in [0.5, 0.6) is 0 Å². The summed E-state index contributed by atoms with van der Waals surface area (Å²) in [5.41, 5.74) is 2.86. The minimum Gasteiger partial charge on any atom is -0.356 e. The number of carbonyl (C=O) groups excluding carboxylic acids is 3. The zero-order chi connectivity index (χ0) is 24.4. The second-order valence-electron chi connectivity index (χ2n) is 8.73. The molecule has 0 aliphatic carbocycles. The monoisotopic (exact) mass is 470 g/mol. The summed E-state index contributed by atoms with van der Waals surface area (Å²) < 4.78 is 0. The van der Waals surface area contributed by atoms with Gasteiger partial charge in [0.25, 0.3) is 11.8 Å². The van der Waals surface area contributed by atoms with Gasteiger partial charge in [-0.1, -0.05) is 12.1 Å². The van der Waals surface area contributed by atoms with E-state index >= 15 is 0 Å². The highest BCUT2D eigenvalue weighted by atomic mass is 16.2. The van der Waals surface area contributed by atoms with Gasteiger partial charge in [0, 0.05) is 36.2 Å². The van der Waals surface area contributed by atoms with Gasteiger partial charge in [0.05, 0.1) is 11.1 Å². The second kappa shape index (κ2) is 9.54. The fourth-order valence-corrected chi connectivity index (χ4v) is 4.39. The summed E-state index contributed by atoms with van der Waals surface area (Å²) in [5.74, 6) is 0.0860. The molecule has 1 fully saturated rings. The first-order valence-electron chi connectivity index (χ1n) is 11.7. The SMILES string of the molecule is Cc1cc(N2CCCCC2)nc(Nc2ccc(NC(=O)CN3C(=O)c4ccccc4C3=O)cc2)n1. The summed E-state index contributed by atoms with van der Waals surface area (Å²) in [7, 11) is 0. The van der Waals surface area contributed by atoms with E-state index in [1.54, 1.807) is 36.4 Å². The molecule has 1 aromatic heterocycles. The van der Waals surface area contributed by atoms with Gasteiger partial charge in [-0.05, 0) is 62.6 Å². The van der Waals surface area contributed by atoms with Crippen LogP contribution in [-0.4, -0.2) is 52.2 Å². The van der Waals surface area contributed by atoms with Crippen LogP contribution in [0.15, 0.2) is 54.6 Å². The smallest absolute Gasteiger partial charge is 0.262 e. The molecule has 0 spiro atoms. The first kappa shape index (κ1) is 22.5. The molecule has 2 aliphatic rings. The highest BCUT2D eigenvalue weighted by Crippen LogP contribution is 2.24. The van der Waals surface area contributed by atoms with Crippen molar-refractivity contribution in [2.24, 2.45) is 0 Å². The third-order valence-electron chi connectivity index (χ3n) is 6.13. The standard InChI is InChI=1S/C26H26N6O3/c1-17-15-22(31-13-5-2-6-14-31)30-26(27-17)29-19-11-9-18(10-12-19)28-23(33)16-32-24(34)20-7-3-4-8-21(20)25(32)35/h3-4,7-12,15H,2,5-6,13-14,16H2,1H3,(H,28,33)(H,27,29,30). The molecule has 0 radical (unpaired) electrons. The molecular formula is C26H26N6O3. The lowest BCUT2D eigenvalue weighted by molar-refractivity contribution is -0.116. The summed E-state index contributed by atoms with van der Waals surface area (Å²) in [4.78, 5) is 49.9. The van der Waals surface area contributed by atoms with E-state index in [0.717, 1.165) is 35.2 Å². The number of hydrogen-bond donors (Lipinski definition) is 2. The molecule has 1 saturated heterocycles. The summed E-state index contributed by atoms with van der Waals surface area (Å²) in [6.07, 6.45) is 3.60. The van der Waals surface area contributed by atoms with E-state index < -0.39 is 17.7 Å². The number of nitrogens with one attached hydrogen (secondary N) is 2. The van der Waals surface area contributed by atoms with Crippen LogP contribution in [0, 0.1) is 6.92 Å². The second-order valence-corrected chi connectivity index (χ2v) is 8.73. The van der Waals surface area contributed by atoms with Crippen molar-refractivity contribution < 1.29 is 14.4 Å². The van der Waals surface area contributed by atoms with Crippen molar-refractivity contribution in [3.63, 3.8) is 0 Å². The minimum atomic E-state index is -0.456. The Hall–Kier alpha value is -4.27. The van der Waals surface area contributed by atoms with Crippen molar-refractivity contribution in [3.8, 4) is 0 Å². The van der Waals surface area contributed by atoms with E-state index in [4.69, 9.17) is 0 Å². The van der Waals surface area contributed by atoms with Crippen LogP contribution in [0.2, 0.25) is 0 Å². The average Bonchev–Trinajstić information content (AvgIpc) is 3.10. The molecule has 9 nitrogen and oxygen atoms in total. The molecule has 2 N–H and O–H groups in total. The number of imide groups is 1. The molecule has 3 heterocycles. The van der Waals surface area contributed by atoms with E-state index in [1.807, 2.05) is 25.1 Å². The van der Waals surface area contributed by atoms with E-state index in [0.29, 0.717) is 22.8 Å². The normalized spacial score (nSPS) is 15.2. The van der Waals surface area contributed by atoms with Crippen LogP contribution in [0.1, 0.15) is 45.7 Å². The zero-order valence-corrected chi connectivity index (χ0v) is 19.5. The first-order chi connectivity index (χ1) is 17.0. The number of carbonyl (C=O) groups is 3. The Kier molecular flexibility index (Phi) is 6.13. The fourth-order valence-electron chi connectivity index (χ4n) is 4.39. The van der Waals surface area contributed by atoms with Crippen LogP contribution in [-0.2, 0) is 4.79 Å². The van der Waals surface area contributed by atoms with Crippen LogP contribution < -0.4 is 15.5 Å². The number of aryl methyl sites for hydroxylation is 1. The van der Waals surface area contributed by atoms with E-state index in [9.17, 15) is 14.4 Å². The van der Waals surface area contributed by atoms with Crippen LogP contribution in [0.3, 0.4) is 0 Å². The molecule has 35 heavy (non-hydrogen) atoms. The van der Waals surface area contributed by atoms with E-state index in [2.05, 4.69) is 25.5 Å². The van der Waals surface area contributed by atoms with Crippen LogP contribution >= 0.6 is 0 Å². The summed E-state index contributed by atoms with van der Waals surface area (Å²) in [6, 6.07) is 15.7. The summed E-state index contributed by atoms with van der Waals surface area (Å²) >= 11 is 0.